The number of phosphoric ester groups is 1. The third kappa shape index (κ3) is 46.9. The van der Waals surface area contributed by atoms with Crippen LogP contribution in [0.3, 0.4) is 0 Å². The zero-order valence-electron chi connectivity index (χ0n) is 40.3. The summed E-state index contributed by atoms with van der Waals surface area (Å²) in [5.41, 5.74) is 0. The zero-order valence-corrected chi connectivity index (χ0v) is 41.2. The molecule has 0 heterocycles. The molecule has 9 nitrogen and oxygen atoms in total. The molecule has 0 rings (SSSR count). The van der Waals surface area contributed by atoms with Crippen LogP contribution in [0.25, 0.3) is 0 Å². The van der Waals surface area contributed by atoms with Crippen LogP contribution in [0, 0.1) is 0 Å². The summed E-state index contributed by atoms with van der Waals surface area (Å²) in [5, 5.41) is 0. The highest BCUT2D eigenvalue weighted by atomic mass is 31.2. The van der Waals surface area contributed by atoms with Crippen LogP contribution >= 0.6 is 7.82 Å². The first-order valence-electron chi connectivity index (χ1n) is 24.7. The van der Waals surface area contributed by atoms with Gasteiger partial charge < -0.3 is 27.9 Å². The summed E-state index contributed by atoms with van der Waals surface area (Å²) < 4.78 is 33.9. The number of allylic oxidation sites excluding steroid dienone is 12. The van der Waals surface area contributed by atoms with Gasteiger partial charge >= 0.3 is 11.9 Å². The molecule has 2 atom stereocenters. The molecule has 0 aromatic rings. The number of esters is 2. The Morgan fingerprint density at radius 2 is 0.968 bits per heavy atom. The van der Waals surface area contributed by atoms with Crippen molar-refractivity contribution in [1.82, 2.24) is 0 Å². The molecule has 0 N–H and O–H groups in total. The second-order valence-electron chi connectivity index (χ2n) is 17.5. The molecule has 1 unspecified atom stereocenters. The third-order valence-corrected chi connectivity index (χ3v) is 11.2. The molecule has 358 valence electrons. The molecule has 0 spiro atoms. The SMILES string of the molecule is CC/C=C/C=C/C=C/C=C/CCCCCCCC(=O)O[C@@H](COC(=O)CCC/C=C/CC/C=C/CCCCCCCCCCCCCCCC)COP(=O)([O-])OCC[N+](C)(C)C. The summed E-state index contributed by atoms with van der Waals surface area (Å²) in [5.74, 6) is -0.914. The minimum absolute atomic E-state index is 0.0451. The standard InChI is InChI=1S/C52H92NO8P/c1-6-8-10-12-14-16-18-20-22-23-24-25-26-27-28-29-31-32-34-36-38-40-42-44-51(54)58-48-50(49-60-62(56,57)59-47-46-53(3,4)5)61-52(55)45-43-41-39-37-35-33-30-21-19-17-15-13-11-9-7-2/h9,11,13,15,17,19,21,29-31,36,38,50H,6-8,10,12,14,16,18,20,22-28,32-35,37,39-49H2,1-5H3/b11-9+,15-13+,19-17+,30-21+,31-29+,38-36+/t50-/m0/s1. The van der Waals surface area contributed by atoms with Crippen LogP contribution in [0.15, 0.2) is 72.9 Å². The van der Waals surface area contributed by atoms with E-state index in [1.54, 1.807) is 0 Å². The number of nitrogens with zero attached hydrogens (tertiary/aromatic N) is 1. The summed E-state index contributed by atoms with van der Waals surface area (Å²) in [7, 11) is 1.12. The zero-order chi connectivity index (χ0) is 45.7. The molecule has 0 fully saturated rings. The number of ether oxygens (including phenoxy) is 2. The summed E-state index contributed by atoms with van der Waals surface area (Å²) in [4.78, 5) is 37.6. The number of carbonyl (C=O) groups excluding carboxylic acids is 2. The molecular formula is C52H92NO8P. The summed E-state index contributed by atoms with van der Waals surface area (Å²) in [6.07, 6.45) is 55.2. The lowest BCUT2D eigenvalue weighted by Gasteiger charge is -2.28. The molecule has 0 aliphatic carbocycles. The van der Waals surface area contributed by atoms with Crippen LogP contribution in [0.1, 0.15) is 194 Å². The van der Waals surface area contributed by atoms with Gasteiger partial charge in [-0.05, 0) is 64.2 Å². The Labute approximate surface area is 380 Å². The average molecular weight is 890 g/mol. The Kier molecular flexibility index (Phi) is 41.9. The van der Waals surface area contributed by atoms with Crippen LogP contribution in [0.2, 0.25) is 0 Å². The molecule has 0 saturated heterocycles. The van der Waals surface area contributed by atoms with Gasteiger partial charge in [0, 0.05) is 12.8 Å². The third-order valence-electron chi connectivity index (χ3n) is 10.3. The molecule has 0 aliphatic rings. The topological polar surface area (TPSA) is 111 Å². The van der Waals surface area contributed by atoms with Crippen LogP contribution in [0.5, 0.6) is 0 Å². The summed E-state index contributed by atoms with van der Waals surface area (Å²) >= 11 is 0. The normalized spacial score (nSPS) is 14.1. The number of phosphoric acid groups is 1. The fourth-order valence-corrected chi connectivity index (χ4v) is 7.18. The highest BCUT2D eigenvalue weighted by molar-refractivity contribution is 7.45. The van der Waals surface area contributed by atoms with E-state index in [4.69, 9.17) is 18.5 Å². The Hall–Kier alpha value is -2.55. The highest BCUT2D eigenvalue weighted by Crippen LogP contribution is 2.38. The van der Waals surface area contributed by atoms with Gasteiger partial charge in [-0.3, -0.25) is 14.2 Å². The predicted molar refractivity (Wildman–Crippen MR) is 259 cm³/mol. The van der Waals surface area contributed by atoms with Crippen LogP contribution < -0.4 is 4.89 Å². The first kappa shape index (κ1) is 59.5. The van der Waals surface area contributed by atoms with E-state index < -0.39 is 32.5 Å². The molecule has 0 aliphatic heterocycles. The van der Waals surface area contributed by atoms with Gasteiger partial charge in [-0.2, -0.15) is 0 Å². The summed E-state index contributed by atoms with van der Waals surface area (Å²) in [6, 6.07) is 0. The van der Waals surface area contributed by atoms with E-state index >= 15 is 0 Å². The average Bonchev–Trinajstić information content (AvgIpc) is 3.23. The Morgan fingerprint density at radius 1 is 0.516 bits per heavy atom. The first-order chi connectivity index (χ1) is 30.0. The lowest BCUT2D eigenvalue weighted by Crippen LogP contribution is -2.37. The van der Waals surface area contributed by atoms with Crippen molar-refractivity contribution in [2.45, 2.75) is 200 Å². The van der Waals surface area contributed by atoms with E-state index in [-0.39, 0.29) is 26.1 Å². The molecule has 10 heteroatoms. The molecule has 62 heavy (non-hydrogen) atoms. The van der Waals surface area contributed by atoms with Gasteiger partial charge in [0.25, 0.3) is 7.82 Å². The molecule has 0 saturated carbocycles. The van der Waals surface area contributed by atoms with Crippen molar-refractivity contribution in [3.05, 3.63) is 72.9 Å². The van der Waals surface area contributed by atoms with E-state index in [9.17, 15) is 19.0 Å². The lowest BCUT2D eigenvalue weighted by atomic mass is 10.0. The molecule has 0 radical (unpaired) electrons. The first-order valence-corrected chi connectivity index (χ1v) is 26.2. The highest BCUT2D eigenvalue weighted by Gasteiger charge is 2.21. The van der Waals surface area contributed by atoms with E-state index in [1.807, 2.05) is 51.5 Å². The van der Waals surface area contributed by atoms with E-state index in [0.717, 1.165) is 64.2 Å². The van der Waals surface area contributed by atoms with Gasteiger partial charge in [-0.15, -0.1) is 0 Å². The molecule has 0 aromatic carbocycles. The quantitative estimate of drug-likeness (QED) is 0.0148. The maximum Gasteiger partial charge on any atom is 0.306 e. The van der Waals surface area contributed by atoms with Crippen molar-refractivity contribution in [3.8, 4) is 0 Å². The van der Waals surface area contributed by atoms with Gasteiger partial charge in [0.1, 0.15) is 19.8 Å². The van der Waals surface area contributed by atoms with Gasteiger partial charge in [-0.25, -0.2) is 0 Å². The van der Waals surface area contributed by atoms with Crippen LogP contribution in [-0.2, 0) is 32.7 Å². The Morgan fingerprint density at radius 3 is 1.52 bits per heavy atom. The number of carbonyl (C=O) groups is 2. The van der Waals surface area contributed by atoms with Gasteiger partial charge in [0.05, 0.1) is 27.7 Å². The maximum atomic E-state index is 12.7. The van der Waals surface area contributed by atoms with Crippen molar-refractivity contribution in [2.24, 2.45) is 0 Å². The number of unbranched alkanes of at least 4 members (excludes halogenated alkanes) is 21. The van der Waals surface area contributed by atoms with Crippen molar-refractivity contribution in [2.75, 3.05) is 47.5 Å². The molecule has 0 bridgehead atoms. The van der Waals surface area contributed by atoms with Gasteiger partial charge in [0.2, 0.25) is 0 Å². The van der Waals surface area contributed by atoms with E-state index in [0.29, 0.717) is 23.9 Å². The summed E-state index contributed by atoms with van der Waals surface area (Å²) in [6.45, 7) is 4.02. The van der Waals surface area contributed by atoms with Gasteiger partial charge in [0.15, 0.2) is 6.10 Å². The van der Waals surface area contributed by atoms with Crippen LogP contribution in [0.4, 0.5) is 0 Å². The van der Waals surface area contributed by atoms with E-state index in [1.165, 1.54) is 89.9 Å². The Balaban J connectivity index is 4.33. The fourth-order valence-electron chi connectivity index (χ4n) is 6.45. The van der Waals surface area contributed by atoms with Crippen molar-refractivity contribution >= 4 is 19.8 Å². The fraction of sp³-hybridized carbons (Fsp3) is 0.731. The molecule has 0 amide bonds. The second kappa shape index (κ2) is 43.7. The second-order valence-corrected chi connectivity index (χ2v) is 18.9. The largest absolute Gasteiger partial charge is 0.756 e. The molecular weight excluding hydrogens is 798 g/mol. The van der Waals surface area contributed by atoms with E-state index in [2.05, 4.69) is 56.4 Å². The lowest BCUT2D eigenvalue weighted by molar-refractivity contribution is -0.870. The van der Waals surface area contributed by atoms with Gasteiger partial charge in [-0.1, -0.05) is 189 Å². The number of quaternary nitrogens is 1. The number of rotatable bonds is 44. The van der Waals surface area contributed by atoms with Crippen molar-refractivity contribution in [3.63, 3.8) is 0 Å². The minimum atomic E-state index is -4.65. The number of hydrogen-bond donors (Lipinski definition) is 0. The maximum absolute atomic E-state index is 12.7. The number of likely N-dealkylation sites (N-methyl/N-ethyl adjacent to an activating group) is 1. The van der Waals surface area contributed by atoms with Crippen LogP contribution in [-0.4, -0.2) is 70.0 Å². The Bertz CT molecular complexity index is 1280. The smallest absolute Gasteiger partial charge is 0.306 e. The van der Waals surface area contributed by atoms with Crippen molar-refractivity contribution in [1.29, 1.82) is 0 Å². The predicted octanol–water partition coefficient (Wildman–Crippen LogP) is 13.9. The molecule has 0 aromatic heterocycles. The monoisotopic (exact) mass is 890 g/mol. The minimum Gasteiger partial charge on any atom is -0.756 e. The number of hydrogen-bond acceptors (Lipinski definition) is 8. The van der Waals surface area contributed by atoms with Crippen molar-refractivity contribution < 1.29 is 42.1 Å².